The summed E-state index contributed by atoms with van der Waals surface area (Å²) in [6, 6.07) is 12.1. The molecule has 7 heteroatoms. The molecule has 1 fully saturated rings. The number of rotatable bonds is 4. The van der Waals surface area contributed by atoms with Gasteiger partial charge in [0.1, 0.15) is 11.5 Å². The molecular weight excluding hydrogens is 390 g/mol. The first kappa shape index (κ1) is 19.8. The van der Waals surface area contributed by atoms with Crippen LogP contribution in [-0.2, 0) is 14.6 Å². The highest BCUT2D eigenvalue weighted by molar-refractivity contribution is 7.92. The summed E-state index contributed by atoms with van der Waals surface area (Å²) in [4.78, 5) is 13.1. The maximum absolute atomic E-state index is 13.5. The zero-order valence-electron chi connectivity index (χ0n) is 16.9. The molecule has 0 spiro atoms. The van der Waals surface area contributed by atoms with Crippen LogP contribution in [0.4, 0.5) is 0 Å². The summed E-state index contributed by atoms with van der Waals surface area (Å²) in [5.74, 6) is 0.417. The van der Waals surface area contributed by atoms with Crippen molar-refractivity contribution >= 4 is 15.7 Å². The van der Waals surface area contributed by atoms with E-state index in [0.717, 1.165) is 5.56 Å². The Hall–Kier alpha value is -2.54. The number of amides is 1. The van der Waals surface area contributed by atoms with Gasteiger partial charge in [-0.05, 0) is 42.2 Å². The minimum Gasteiger partial charge on any atom is -0.497 e. The van der Waals surface area contributed by atoms with Crippen molar-refractivity contribution < 1.29 is 22.7 Å². The lowest BCUT2D eigenvalue weighted by Crippen LogP contribution is -2.63. The van der Waals surface area contributed by atoms with E-state index in [9.17, 15) is 13.2 Å². The second-order valence-electron chi connectivity index (χ2n) is 8.23. The van der Waals surface area contributed by atoms with Crippen LogP contribution in [0.15, 0.2) is 47.4 Å². The van der Waals surface area contributed by atoms with Gasteiger partial charge in [0.15, 0.2) is 20.8 Å². The average Bonchev–Trinajstić information content (AvgIpc) is 2.66. The minimum atomic E-state index is -3.89. The Morgan fingerprint density at radius 2 is 1.86 bits per heavy atom. The Kier molecular flexibility index (Phi) is 4.61. The fourth-order valence-electron chi connectivity index (χ4n) is 4.26. The maximum atomic E-state index is 13.5. The van der Waals surface area contributed by atoms with Gasteiger partial charge in [-0.15, -0.1) is 0 Å². The van der Waals surface area contributed by atoms with E-state index in [2.05, 4.69) is 5.32 Å². The van der Waals surface area contributed by atoms with Crippen molar-refractivity contribution in [2.24, 2.45) is 0 Å². The lowest BCUT2D eigenvalue weighted by atomic mass is 9.81. The Bertz CT molecular complexity index is 1060. The predicted molar refractivity (Wildman–Crippen MR) is 109 cm³/mol. The zero-order valence-corrected chi connectivity index (χ0v) is 17.7. The van der Waals surface area contributed by atoms with Crippen LogP contribution in [0, 0.1) is 0 Å². The van der Waals surface area contributed by atoms with Gasteiger partial charge in [-0.25, -0.2) is 8.42 Å². The van der Waals surface area contributed by atoms with Gasteiger partial charge in [0.25, 0.3) is 0 Å². The molecule has 1 amide bonds. The molecule has 0 aliphatic carbocycles. The molecule has 2 bridgehead atoms. The Labute approximate surface area is 171 Å². The van der Waals surface area contributed by atoms with Crippen molar-refractivity contribution in [3.8, 4) is 11.5 Å². The Morgan fingerprint density at radius 1 is 1.17 bits per heavy atom. The van der Waals surface area contributed by atoms with E-state index in [0.29, 0.717) is 29.4 Å². The second kappa shape index (κ2) is 6.76. The molecule has 2 aliphatic heterocycles. The SMILES string of the molecule is COc1ccc2c(c1)O[C@@]1(C)C[C@H]2[C@@H](S(=O)(=O)c2ccc(C(C)C)cc2)C(=O)N1. The van der Waals surface area contributed by atoms with Gasteiger partial charge in [-0.3, -0.25) is 4.79 Å². The van der Waals surface area contributed by atoms with Crippen LogP contribution >= 0.6 is 0 Å². The largest absolute Gasteiger partial charge is 0.497 e. The maximum Gasteiger partial charge on any atom is 0.242 e. The Morgan fingerprint density at radius 3 is 2.48 bits per heavy atom. The molecule has 3 atom stereocenters. The molecule has 0 radical (unpaired) electrons. The highest BCUT2D eigenvalue weighted by Gasteiger charge is 2.54. The molecule has 2 aromatic carbocycles. The van der Waals surface area contributed by atoms with Crippen molar-refractivity contribution in [3.05, 3.63) is 53.6 Å². The summed E-state index contributed by atoms with van der Waals surface area (Å²) in [5.41, 5.74) is 0.813. The van der Waals surface area contributed by atoms with Crippen LogP contribution in [-0.4, -0.2) is 32.4 Å². The van der Waals surface area contributed by atoms with E-state index in [1.165, 1.54) is 0 Å². The van der Waals surface area contributed by atoms with Gasteiger partial charge in [0.05, 0.1) is 12.0 Å². The van der Waals surface area contributed by atoms with Crippen molar-refractivity contribution in [3.63, 3.8) is 0 Å². The molecule has 154 valence electrons. The molecule has 0 aromatic heterocycles. The number of fused-ring (bicyclic) bond motifs is 4. The molecule has 29 heavy (non-hydrogen) atoms. The molecule has 0 saturated carbocycles. The number of hydrogen-bond acceptors (Lipinski definition) is 5. The number of carbonyl (C=O) groups is 1. The number of nitrogens with one attached hydrogen (secondary N) is 1. The lowest BCUT2D eigenvalue weighted by molar-refractivity contribution is -0.132. The number of piperidine rings is 1. The number of ether oxygens (including phenoxy) is 2. The number of carbonyl (C=O) groups excluding carboxylic acids is 1. The quantitative estimate of drug-likeness (QED) is 0.828. The fourth-order valence-corrected chi connectivity index (χ4v) is 6.08. The second-order valence-corrected chi connectivity index (χ2v) is 10.3. The third-order valence-corrected chi connectivity index (χ3v) is 7.93. The standard InChI is InChI=1S/C22H25NO5S/c1-13(2)14-5-8-16(9-6-14)29(25,26)20-18-12-22(3,23-21(20)24)28-19-11-15(27-4)7-10-17(18)19/h5-11,13,18,20H,12H2,1-4H3,(H,23,24)/t18-,20-,22+/m1/s1. The van der Waals surface area contributed by atoms with E-state index in [1.807, 2.05) is 26.0 Å². The summed E-state index contributed by atoms with van der Waals surface area (Å²) >= 11 is 0. The number of benzene rings is 2. The van der Waals surface area contributed by atoms with E-state index < -0.39 is 32.6 Å². The van der Waals surface area contributed by atoms with Gasteiger partial charge in [-0.1, -0.05) is 32.0 Å². The van der Waals surface area contributed by atoms with Crippen LogP contribution in [0.5, 0.6) is 11.5 Å². The van der Waals surface area contributed by atoms with E-state index >= 15 is 0 Å². The summed E-state index contributed by atoms with van der Waals surface area (Å²) in [7, 11) is -2.33. The third-order valence-electron chi connectivity index (χ3n) is 5.79. The smallest absolute Gasteiger partial charge is 0.242 e. The molecule has 0 unspecified atom stereocenters. The highest BCUT2D eigenvalue weighted by Crippen LogP contribution is 2.48. The van der Waals surface area contributed by atoms with Crippen LogP contribution in [0.1, 0.15) is 50.2 Å². The third kappa shape index (κ3) is 3.27. The van der Waals surface area contributed by atoms with Crippen LogP contribution in [0.2, 0.25) is 0 Å². The first-order valence-electron chi connectivity index (χ1n) is 9.67. The van der Waals surface area contributed by atoms with Crippen molar-refractivity contribution in [2.75, 3.05) is 7.11 Å². The van der Waals surface area contributed by atoms with Crippen LogP contribution < -0.4 is 14.8 Å². The topological polar surface area (TPSA) is 81.7 Å². The van der Waals surface area contributed by atoms with E-state index in [4.69, 9.17) is 9.47 Å². The minimum absolute atomic E-state index is 0.159. The Balaban J connectivity index is 1.79. The van der Waals surface area contributed by atoms with Gasteiger partial charge in [0, 0.05) is 18.4 Å². The summed E-state index contributed by atoms with van der Waals surface area (Å²) in [6.45, 7) is 5.86. The summed E-state index contributed by atoms with van der Waals surface area (Å²) < 4.78 is 38.2. The number of methoxy groups -OCH3 is 1. The van der Waals surface area contributed by atoms with Crippen molar-refractivity contribution in [1.82, 2.24) is 5.32 Å². The van der Waals surface area contributed by atoms with E-state index in [-0.39, 0.29) is 4.90 Å². The van der Waals surface area contributed by atoms with E-state index in [1.54, 1.807) is 44.4 Å². The number of sulfone groups is 1. The molecule has 1 N–H and O–H groups in total. The van der Waals surface area contributed by atoms with Crippen LogP contribution in [0.3, 0.4) is 0 Å². The monoisotopic (exact) mass is 415 g/mol. The molecular formula is C22H25NO5S. The first-order valence-corrected chi connectivity index (χ1v) is 11.2. The number of hydrogen-bond donors (Lipinski definition) is 1. The average molecular weight is 416 g/mol. The molecule has 2 aliphatic rings. The summed E-state index contributed by atoms with van der Waals surface area (Å²) in [6.07, 6.45) is 0.381. The molecule has 2 heterocycles. The normalized spacial score (nSPS) is 25.8. The van der Waals surface area contributed by atoms with Gasteiger partial charge in [0.2, 0.25) is 5.91 Å². The van der Waals surface area contributed by atoms with Crippen molar-refractivity contribution in [2.45, 2.75) is 54.9 Å². The predicted octanol–water partition coefficient (Wildman–Crippen LogP) is 3.37. The molecule has 1 saturated heterocycles. The summed E-state index contributed by atoms with van der Waals surface area (Å²) in [5, 5.41) is 1.57. The van der Waals surface area contributed by atoms with Gasteiger partial charge < -0.3 is 14.8 Å². The van der Waals surface area contributed by atoms with Gasteiger partial charge >= 0.3 is 0 Å². The molecule has 6 nitrogen and oxygen atoms in total. The highest BCUT2D eigenvalue weighted by atomic mass is 32.2. The zero-order chi connectivity index (χ0) is 21.0. The fraction of sp³-hybridized carbons (Fsp3) is 0.409. The lowest BCUT2D eigenvalue weighted by Gasteiger charge is -2.46. The molecule has 4 rings (SSSR count). The van der Waals surface area contributed by atoms with Gasteiger partial charge in [-0.2, -0.15) is 0 Å². The van der Waals surface area contributed by atoms with Crippen molar-refractivity contribution in [1.29, 1.82) is 0 Å². The first-order chi connectivity index (χ1) is 13.6. The molecule has 2 aromatic rings. The van der Waals surface area contributed by atoms with Crippen LogP contribution in [0.25, 0.3) is 0 Å².